The first-order valence-electron chi connectivity index (χ1n) is 10.9. The van der Waals surface area contributed by atoms with Gasteiger partial charge < -0.3 is 5.32 Å². The number of hydrogen-bond donors (Lipinski definition) is 1. The molecule has 3 aromatic rings. The lowest BCUT2D eigenvalue weighted by atomic mass is 9.90. The molecule has 0 aliphatic rings. The molecule has 174 valence electrons. The number of rotatable bonds is 8. The van der Waals surface area contributed by atoms with E-state index in [0.717, 1.165) is 6.92 Å². The van der Waals surface area contributed by atoms with E-state index in [0.29, 0.717) is 17.8 Å². The van der Waals surface area contributed by atoms with Crippen molar-refractivity contribution >= 4 is 11.6 Å². The molecule has 0 spiro atoms. The molecule has 0 fully saturated rings. The summed E-state index contributed by atoms with van der Waals surface area (Å²) in [6, 6.07) is 7.66. The SMILES string of the molecule is CCC(CC(C)(F)F)c1nccc(-c2ccccc2F)c1NC(=O)c1cnc(C(C)C)nc1. The highest BCUT2D eigenvalue weighted by molar-refractivity contribution is 6.06. The molecule has 0 saturated carbocycles. The van der Waals surface area contributed by atoms with Crippen molar-refractivity contribution in [1.82, 2.24) is 15.0 Å². The Morgan fingerprint density at radius 1 is 1.06 bits per heavy atom. The largest absolute Gasteiger partial charge is 0.320 e. The molecule has 33 heavy (non-hydrogen) atoms. The van der Waals surface area contributed by atoms with Gasteiger partial charge >= 0.3 is 0 Å². The Morgan fingerprint density at radius 3 is 2.30 bits per heavy atom. The summed E-state index contributed by atoms with van der Waals surface area (Å²) in [6.07, 6.45) is 4.18. The summed E-state index contributed by atoms with van der Waals surface area (Å²) >= 11 is 0. The number of halogens is 3. The minimum atomic E-state index is -2.93. The molecule has 0 aliphatic carbocycles. The number of amides is 1. The van der Waals surface area contributed by atoms with Crippen molar-refractivity contribution in [3.8, 4) is 11.1 Å². The monoisotopic (exact) mass is 456 g/mol. The lowest BCUT2D eigenvalue weighted by molar-refractivity contribution is 0.00494. The van der Waals surface area contributed by atoms with E-state index in [2.05, 4.69) is 20.3 Å². The molecule has 8 heteroatoms. The second-order valence-electron chi connectivity index (χ2n) is 8.42. The molecule has 0 radical (unpaired) electrons. The molecule has 3 rings (SSSR count). The molecule has 0 bridgehead atoms. The molecule has 5 nitrogen and oxygen atoms in total. The van der Waals surface area contributed by atoms with Crippen LogP contribution in [0.5, 0.6) is 0 Å². The molecule has 2 aromatic heterocycles. The summed E-state index contributed by atoms with van der Waals surface area (Å²) < 4.78 is 42.5. The molecular formula is C25H27F3N4O. The molecule has 0 aliphatic heterocycles. The molecular weight excluding hydrogens is 429 g/mol. The highest BCUT2D eigenvalue weighted by Crippen LogP contribution is 2.39. The van der Waals surface area contributed by atoms with Gasteiger partial charge in [0.15, 0.2) is 0 Å². The Balaban J connectivity index is 2.09. The van der Waals surface area contributed by atoms with E-state index in [9.17, 15) is 18.0 Å². The average Bonchev–Trinajstić information content (AvgIpc) is 2.77. The highest BCUT2D eigenvalue weighted by Gasteiger charge is 2.30. The molecule has 1 amide bonds. The first-order valence-corrected chi connectivity index (χ1v) is 10.9. The molecule has 1 unspecified atom stereocenters. The van der Waals surface area contributed by atoms with Crippen molar-refractivity contribution < 1.29 is 18.0 Å². The smallest absolute Gasteiger partial charge is 0.258 e. The maximum absolute atomic E-state index is 14.6. The third-order valence-corrected chi connectivity index (χ3v) is 5.32. The number of nitrogens with zero attached hydrogens (tertiary/aromatic N) is 3. The minimum Gasteiger partial charge on any atom is -0.320 e. The minimum absolute atomic E-state index is 0.0979. The number of alkyl halides is 2. The third kappa shape index (κ3) is 5.94. The molecule has 1 atom stereocenters. The van der Waals surface area contributed by atoms with Gasteiger partial charge in [-0.3, -0.25) is 9.78 Å². The molecule has 2 heterocycles. The average molecular weight is 457 g/mol. The maximum Gasteiger partial charge on any atom is 0.258 e. The van der Waals surface area contributed by atoms with Crippen LogP contribution in [0.2, 0.25) is 0 Å². The van der Waals surface area contributed by atoms with Crippen LogP contribution in [0.4, 0.5) is 18.9 Å². The normalized spacial score (nSPS) is 12.6. The standard InChI is InChI=1S/C25H27F3N4O/c1-5-16(12-25(4,27)28)21-22(19(10-11-29-21)18-8-6-7-9-20(18)26)32-24(33)17-13-30-23(15(2)3)31-14-17/h6-11,13-16H,5,12H2,1-4H3,(H,32,33). The number of anilines is 1. The van der Waals surface area contributed by atoms with Crippen molar-refractivity contribution in [2.75, 3.05) is 5.32 Å². The van der Waals surface area contributed by atoms with Crippen molar-refractivity contribution in [3.63, 3.8) is 0 Å². The Morgan fingerprint density at radius 2 is 1.73 bits per heavy atom. The van der Waals surface area contributed by atoms with Crippen LogP contribution < -0.4 is 5.32 Å². The van der Waals surface area contributed by atoms with Crippen LogP contribution in [0.25, 0.3) is 11.1 Å². The fourth-order valence-electron chi connectivity index (χ4n) is 3.63. The van der Waals surface area contributed by atoms with Crippen molar-refractivity contribution in [2.45, 2.75) is 58.3 Å². The number of pyridine rings is 1. The van der Waals surface area contributed by atoms with Crippen molar-refractivity contribution in [3.05, 3.63) is 71.8 Å². The van der Waals surface area contributed by atoms with E-state index in [4.69, 9.17) is 0 Å². The van der Waals surface area contributed by atoms with Gasteiger partial charge in [0.25, 0.3) is 5.91 Å². The first-order chi connectivity index (χ1) is 15.6. The van der Waals surface area contributed by atoms with E-state index in [-0.39, 0.29) is 28.4 Å². The van der Waals surface area contributed by atoms with E-state index in [1.807, 2.05) is 13.8 Å². The van der Waals surface area contributed by atoms with Crippen LogP contribution in [0.15, 0.2) is 48.9 Å². The maximum atomic E-state index is 14.6. The Hall–Kier alpha value is -3.29. The van der Waals surface area contributed by atoms with Gasteiger partial charge in [0, 0.05) is 48.0 Å². The number of nitrogens with one attached hydrogen (secondary N) is 1. The fourth-order valence-corrected chi connectivity index (χ4v) is 3.63. The van der Waals surface area contributed by atoms with Crippen LogP contribution in [0, 0.1) is 5.82 Å². The number of benzene rings is 1. The summed E-state index contributed by atoms with van der Waals surface area (Å²) in [5, 5.41) is 2.78. The topological polar surface area (TPSA) is 67.8 Å². The lowest BCUT2D eigenvalue weighted by Gasteiger charge is -2.23. The summed E-state index contributed by atoms with van der Waals surface area (Å²) in [5.41, 5.74) is 1.29. The van der Waals surface area contributed by atoms with Crippen LogP contribution in [-0.2, 0) is 0 Å². The van der Waals surface area contributed by atoms with E-state index in [1.165, 1.54) is 24.7 Å². The second kappa shape index (κ2) is 10.1. The van der Waals surface area contributed by atoms with Crippen LogP contribution >= 0.6 is 0 Å². The zero-order valence-corrected chi connectivity index (χ0v) is 19.1. The molecule has 1 N–H and O–H groups in total. The predicted octanol–water partition coefficient (Wildman–Crippen LogP) is 6.59. The number of carbonyl (C=O) groups is 1. The predicted molar refractivity (Wildman–Crippen MR) is 122 cm³/mol. The van der Waals surface area contributed by atoms with E-state index >= 15 is 0 Å². The van der Waals surface area contributed by atoms with E-state index in [1.54, 1.807) is 31.2 Å². The fraction of sp³-hybridized carbons (Fsp3) is 0.360. The Labute approximate surface area is 191 Å². The summed E-state index contributed by atoms with van der Waals surface area (Å²) in [6.45, 7) is 6.50. The molecule has 0 saturated heterocycles. The van der Waals surface area contributed by atoms with Gasteiger partial charge in [0.05, 0.1) is 16.9 Å². The zero-order valence-electron chi connectivity index (χ0n) is 19.1. The number of hydrogen-bond acceptors (Lipinski definition) is 4. The first kappa shape index (κ1) is 24.4. The van der Waals surface area contributed by atoms with E-state index < -0.39 is 30.0 Å². The van der Waals surface area contributed by atoms with Gasteiger partial charge in [-0.1, -0.05) is 39.0 Å². The summed E-state index contributed by atoms with van der Waals surface area (Å²) in [7, 11) is 0. The zero-order chi connectivity index (χ0) is 24.2. The van der Waals surface area contributed by atoms with Crippen molar-refractivity contribution in [2.24, 2.45) is 0 Å². The number of aromatic nitrogens is 3. The molecule has 1 aromatic carbocycles. The van der Waals surface area contributed by atoms with Gasteiger partial charge in [-0.2, -0.15) is 0 Å². The van der Waals surface area contributed by atoms with Crippen molar-refractivity contribution in [1.29, 1.82) is 0 Å². The second-order valence-corrected chi connectivity index (χ2v) is 8.42. The van der Waals surface area contributed by atoms with Gasteiger partial charge in [0.1, 0.15) is 11.6 Å². The van der Waals surface area contributed by atoms with Gasteiger partial charge in [-0.05, 0) is 25.5 Å². The third-order valence-electron chi connectivity index (χ3n) is 5.32. The lowest BCUT2D eigenvalue weighted by Crippen LogP contribution is -2.20. The van der Waals surface area contributed by atoms with Crippen LogP contribution in [0.3, 0.4) is 0 Å². The highest BCUT2D eigenvalue weighted by atomic mass is 19.3. The van der Waals surface area contributed by atoms with Gasteiger partial charge in [-0.25, -0.2) is 23.1 Å². The van der Waals surface area contributed by atoms with Crippen LogP contribution in [0.1, 0.15) is 74.2 Å². The summed E-state index contributed by atoms with van der Waals surface area (Å²) in [5.74, 6) is -3.92. The quantitative estimate of drug-likeness (QED) is 0.415. The number of carbonyl (C=O) groups excluding carboxylic acids is 1. The van der Waals surface area contributed by atoms with Crippen LogP contribution in [-0.4, -0.2) is 26.8 Å². The Kier molecular flexibility index (Phi) is 7.46. The Bertz CT molecular complexity index is 1110. The van der Waals surface area contributed by atoms with Gasteiger partial charge in [0.2, 0.25) is 5.92 Å². The summed E-state index contributed by atoms with van der Waals surface area (Å²) in [4.78, 5) is 25.8. The van der Waals surface area contributed by atoms with Gasteiger partial charge in [-0.15, -0.1) is 0 Å².